The van der Waals surface area contributed by atoms with E-state index in [-0.39, 0.29) is 10.6 Å². The number of carbonyl (C=O) groups is 1. The van der Waals surface area contributed by atoms with E-state index in [1.165, 1.54) is 6.07 Å². The highest BCUT2D eigenvalue weighted by atomic mass is 32.2. The molecule has 1 aliphatic rings. The lowest BCUT2D eigenvalue weighted by molar-refractivity contribution is -0.142. The fraction of sp³-hybridized carbons (Fsp3) is 0.348. The molecular formula is C23H23F2NO5S. The van der Waals surface area contributed by atoms with E-state index in [9.17, 15) is 27.1 Å². The number of benzene rings is 2. The molecule has 1 N–H and O–H groups in total. The number of ether oxygens (including phenoxy) is 1. The van der Waals surface area contributed by atoms with Gasteiger partial charge in [-0.1, -0.05) is 6.07 Å². The maximum atomic E-state index is 12.8. The van der Waals surface area contributed by atoms with Crippen molar-refractivity contribution in [3.8, 4) is 5.75 Å². The van der Waals surface area contributed by atoms with E-state index < -0.39 is 28.3 Å². The van der Waals surface area contributed by atoms with Gasteiger partial charge in [-0.3, -0.25) is 4.79 Å². The second-order valence-electron chi connectivity index (χ2n) is 8.20. The topological polar surface area (TPSA) is 85.6 Å². The number of aliphatic carboxylic acids is 1. The lowest BCUT2D eigenvalue weighted by Gasteiger charge is -2.23. The Labute approximate surface area is 184 Å². The van der Waals surface area contributed by atoms with Crippen molar-refractivity contribution in [1.29, 1.82) is 0 Å². The van der Waals surface area contributed by atoms with E-state index in [0.717, 1.165) is 39.5 Å². The zero-order valence-electron chi connectivity index (χ0n) is 17.6. The molecule has 6 nitrogen and oxygen atoms in total. The molecule has 1 unspecified atom stereocenters. The van der Waals surface area contributed by atoms with Crippen LogP contribution in [0.4, 0.5) is 8.78 Å². The van der Waals surface area contributed by atoms with Gasteiger partial charge in [0.05, 0.1) is 10.8 Å². The summed E-state index contributed by atoms with van der Waals surface area (Å²) in [4.78, 5) is 11.8. The number of nitrogens with zero attached hydrogens (tertiary/aromatic N) is 1. The number of halogens is 2. The van der Waals surface area contributed by atoms with Crippen molar-refractivity contribution in [1.82, 2.24) is 4.57 Å². The van der Waals surface area contributed by atoms with Gasteiger partial charge in [0, 0.05) is 35.8 Å². The smallest absolute Gasteiger partial charge is 0.387 e. The van der Waals surface area contributed by atoms with Crippen molar-refractivity contribution < 1.29 is 31.8 Å². The summed E-state index contributed by atoms with van der Waals surface area (Å²) in [6, 6.07) is 9.67. The summed E-state index contributed by atoms with van der Waals surface area (Å²) in [6.45, 7) is -0.807. The van der Waals surface area contributed by atoms with Crippen LogP contribution in [-0.4, -0.2) is 36.9 Å². The first-order chi connectivity index (χ1) is 15.0. The van der Waals surface area contributed by atoms with E-state index in [1.807, 2.05) is 11.5 Å². The number of carboxylic acids is 1. The van der Waals surface area contributed by atoms with Gasteiger partial charge < -0.3 is 14.4 Å². The molecule has 0 fully saturated rings. The van der Waals surface area contributed by atoms with Gasteiger partial charge >= 0.3 is 12.6 Å². The van der Waals surface area contributed by atoms with Crippen molar-refractivity contribution >= 4 is 26.7 Å². The number of rotatable bonds is 6. The van der Waals surface area contributed by atoms with Crippen LogP contribution in [0.15, 0.2) is 41.3 Å². The van der Waals surface area contributed by atoms with Gasteiger partial charge in [0.2, 0.25) is 0 Å². The Morgan fingerprint density at radius 3 is 2.62 bits per heavy atom. The van der Waals surface area contributed by atoms with Crippen LogP contribution < -0.4 is 4.74 Å². The van der Waals surface area contributed by atoms with Gasteiger partial charge in [0.15, 0.2) is 9.84 Å². The highest BCUT2D eigenvalue weighted by Crippen LogP contribution is 2.36. The SMILES string of the molecule is Cc1cc(S(C)(=O)=O)ccc1Cc1c2n(c3ccc(OC(F)F)cc13)CC(C(=O)O)CC2. The molecule has 1 aromatic heterocycles. The van der Waals surface area contributed by atoms with E-state index in [1.54, 1.807) is 30.3 Å². The molecule has 1 atom stereocenters. The molecule has 32 heavy (non-hydrogen) atoms. The van der Waals surface area contributed by atoms with Crippen LogP contribution in [0.5, 0.6) is 5.75 Å². The summed E-state index contributed by atoms with van der Waals surface area (Å²) in [7, 11) is -3.33. The standard InChI is InChI=1S/C23H23F2NO5S/c1-13-9-17(32(2,29)30)6-3-14(13)10-18-19-11-16(31-23(24)25)5-8-21(19)26-12-15(22(27)28)4-7-20(18)26/h3,5-6,8-9,11,15,23H,4,7,10,12H2,1-2H3,(H,27,28). The maximum Gasteiger partial charge on any atom is 0.387 e. The summed E-state index contributed by atoms with van der Waals surface area (Å²) in [6.07, 6.45) is 2.66. The van der Waals surface area contributed by atoms with Crippen LogP contribution >= 0.6 is 0 Å². The van der Waals surface area contributed by atoms with Gasteiger partial charge in [-0.2, -0.15) is 8.78 Å². The van der Waals surface area contributed by atoms with Gasteiger partial charge in [0.1, 0.15) is 5.75 Å². The molecule has 2 heterocycles. The summed E-state index contributed by atoms with van der Waals surface area (Å²) >= 11 is 0. The number of hydrogen-bond donors (Lipinski definition) is 1. The number of fused-ring (bicyclic) bond motifs is 3. The van der Waals surface area contributed by atoms with Crippen LogP contribution in [0, 0.1) is 12.8 Å². The zero-order valence-corrected chi connectivity index (χ0v) is 18.5. The number of sulfone groups is 1. The summed E-state index contributed by atoms with van der Waals surface area (Å²) in [5.74, 6) is -1.33. The quantitative estimate of drug-likeness (QED) is 0.593. The molecule has 9 heteroatoms. The number of aryl methyl sites for hydroxylation is 1. The Morgan fingerprint density at radius 2 is 2.00 bits per heavy atom. The Bertz CT molecular complexity index is 1310. The van der Waals surface area contributed by atoms with E-state index in [2.05, 4.69) is 4.74 Å². The highest BCUT2D eigenvalue weighted by molar-refractivity contribution is 7.90. The normalized spacial score (nSPS) is 16.3. The Morgan fingerprint density at radius 1 is 1.25 bits per heavy atom. The monoisotopic (exact) mass is 463 g/mol. The fourth-order valence-electron chi connectivity index (χ4n) is 4.44. The lowest BCUT2D eigenvalue weighted by atomic mass is 9.93. The first-order valence-corrected chi connectivity index (χ1v) is 12.0. The van der Waals surface area contributed by atoms with Crippen molar-refractivity contribution in [2.24, 2.45) is 5.92 Å². The molecule has 3 aromatic rings. The van der Waals surface area contributed by atoms with Crippen molar-refractivity contribution in [3.63, 3.8) is 0 Å². The number of hydrogen-bond acceptors (Lipinski definition) is 4. The molecule has 0 saturated carbocycles. The molecule has 4 rings (SSSR count). The molecule has 0 saturated heterocycles. The second kappa shape index (κ2) is 8.20. The molecule has 0 spiro atoms. The van der Waals surface area contributed by atoms with Crippen molar-refractivity contribution in [3.05, 3.63) is 58.8 Å². The first-order valence-electron chi connectivity index (χ1n) is 10.2. The highest BCUT2D eigenvalue weighted by Gasteiger charge is 2.29. The third-order valence-corrected chi connectivity index (χ3v) is 7.18. The summed E-state index contributed by atoms with van der Waals surface area (Å²) < 4.78 is 55.8. The molecule has 0 bridgehead atoms. The van der Waals surface area contributed by atoms with Gasteiger partial charge in [-0.05, 0) is 66.8 Å². The zero-order chi connectivity index (χ0) is 23.2. The Kier molecular flexibility index (Phi) is 5.70. The van der Waals surface area contributed by atoms with Crippen LogP contribution in [-0.2, 0) is 34.0 Å². The third kappa shape index (κ3) is 4.21. The average molecular weight is 464 g/mol. The van der Waals surface area contributed by atoms with E-state index in [4.69, 9.17) is 0 Å². The first kappa shape index (κ1) is 22.3. The number of carboxylic acid groups (broad SMARTS) is 1. The fourth-order valence-corrected chi connectivity index (χ4v) is 5.14. The molecule has 0 amide bonds. The predicted octanol–water partition coefficient (Wildman–Crippen LogP) is 4.19. The molecular weight excluding hydrogens is 440 g/mol. The number of alkyl halides is 2. The van der Waals surface area contributed by atoms with Gasteiger partial charge in [-0.15, -0.1) is 0 Å². The summed E-state index contributed by atoms with van der Waals surface area (Å²) in [5.41, 5.74) is 4.37. The van der Waals surface area contributed by atoms with Crippen LogP contribution in [0.3, 0.4) is 0 Å². The molecule has 2 aromatic carbocycles. The number of aromatic nitrogens is 1. The van der Waals surface area contributed by atoms with Crippen LogP contribution in [0.25, 0.3) is 10.9 Å². The largest absolute Gasteiger partial charge is 0.481 e. The summed E-state index contributed by atoms with van der Waals surface area (Å²) in [5, 5.41) is 10.2. The predicted molar refractivity (Wildman–Crippen MR) is 115 cm³/mol. The third-order valence-electron chi connectivity index (χ3n) is 6.07. The van der Waals surface area contributed by atoms with E-state index in [0.29, 0.717) is 25.8 Å². The Balaban J connectivity index is 1.83. The maximum absolute atomic E-state index is 12.8. The minimum atomic E-state index is -3.33. The minimum Gasteiger partial charge on any atom is -0.481 e. The molecule has 0 aliphatic carbocycles. The van der Waals surface area contributed by atoms with Crippen molar-refractivity contribution in [2.75, 3.05) is 6.26 Å². The van der Waals surface area contributed by atoms with Gasteiger partial charge in [-0.25, -0.2) is 8.42 Å². The second-order valence-corrected chi connectivity index (χ2v) is 10.2. The average Bonchev–Trinajstić information content (AvgIpc) is 3.00. The van der Waals surface area contributed by atoms with Gasteiger partial charge in [0.25, 0.3) is 0 Å². The lowest BCUT2D eigenvalue weighted by Crippen LogP contribution is -2.26. The minimum absolute atomic E-state index is 0.0376. The molecule has 1 aliphatic heterocycles. The van der Waals surface area contributed by atoms with Crippen LogP contribution in [0.1, 0.15) is 28.8 Å². The van der Waals surface area contributed by atoms with E-state index >= 15 is 0 Å². The Hall–Kier alpha value is -2.94. The molecule has 0 radical (unpaired) electrons. The molecule has 170 valence electrons. The van der Waals surface area contributed by atoms with Crippen molar-refractivity contribution in [2.45, 2.75) is 44.2 Å². The van der Waals surface area contributed by atoms with Crippen LogP contribution in [0.2, 0.25) is 0 Å².